The molecule has 0 spiro atoms. The Bertz CT molecular complexity index is 1020. The van der Waals surface area contributed by atoms with Gasteiger partial charge in [-0.1, -0.05) is 23.7 Å². The maximum atomic E-state index is 12.1. The number of nitrogens with one attached hydrogen (secondary N) is 1. The largest absolute Gasteiger partial charge is 0.419 e. The first-order valence-electron chi connectivity index (χ1n) is 7.63. The van der Waals surface area contributed by atoms with Crippen molar-refractivity contribution in [2.45, 2.75) is 12.8 Å². The van der Waals surface area contributed by atoms with Crippen molar-refractivity contribution >= 4 is 40.1 Å². The SMILES string of the molecule is Cn1c(=O)oc2ccc(NC(=O)CCC(=O)c3ccccc3Cl)cc21. The average Bonchev–Trinajstić information content (AvgIpc) is 2.87. The summed E-state index contributed by atoms with van der Waals surface area (Å²) in [6, 6.07) is 11.6. The lowest BCUT2D eigenvalue weighted by atomic mass is 10.1. The van der Waals surface area contributed by atoms with E-state index in [1.807, 2.05) is 0 Å². The summed E-state index contributed by atoms with van der Waals surface area (Å²) < 4.78 is 6.39. The number of carbonyl (C=O) groups is 2. The number of aromatic nitrogens is 1. The van der Waals surface area contributed by atoms with Gasteiger partial charge in [-0.2, -0.15) is 0 Å². The second kappa shape index (κ2) is 6.94. The number of fused-ring (bicyclic) bond motifs is 1. The fourth-order valence-electron chi connectivity index (χ4n) is 2.48. The Labute approximate surface area is 148 Å². The van der Waals surface area contributed by atoms with Gasteiger partial charge < -0.3 is 9.73 Å². The molecule has 0 fully saturated rings. The minimum Gasteiger partial charge on any atom is -0.408 e. The summed E-state index contributed by atoms with van der Waals surface area (Å²) in [5.41, 5.74) is 1.96. The van der Waals surface area contributed by atoms with E-state index in [0.29, 0.717) is 27.4 Å². The molecule has 0 bridgehead atoms. The number of ketones is 1. The summed E-state index contributed by atoms with van der Waals surface area (Å²) in [7, 11) is 1.59. The van der Waals surface area contributed by atoms with Crippen molar-refractivity contribution in [2.24, 2.45) is 7.05 Å². The maximum absolute atomic E-state index is 12.1. The van der Waals surface area contributed by atoms with E-state index in [1.54, 1.807) is 49.5 Å². The van der Waals surface area contributed by atoms with Gasteiger partial charge in [-0.3, -0.25) is 14.2 Å². The molecule has 1 N–H and O–H groups in total. The van der Waals surface area contributed by atoms with Crippen molar-refractivity contribution in [1.82, 2.24) is 4.57 Å². The van der Waals surface area contributed by atoms with E-state index in [9.17, 15) is 14.4 Å². The molecule has 25 heavy (non-hydrogen) atoms. The molecule has 0 saturated heterocycles. The van der Waals surface area contributed by atoms with Crippen molar-refractivity contribution in [3.05, 3.63) is 63.6 Å². The van der Waals surface area contributed by atoms with Crippen LogP contribution in [0.1, 0.15) is 23.2 Å². The van der Waals surface area contributed by atoms with Crippen molar-refractivity contribution in [3.8, 4) is 0 Å². The van der Waals surface area contributed by atoms with Gasteiger partial charge in [0.05, 0.1) is 10.5 Å². The lowest BCUT2D eigenvalue weighted by molar-refractivity contribution is -0.116. The molecule has 3 aromatic rings. The van der Waals surface area contributed by atoms with Crippen LogP contribution in [0.5, 0.6) is 0 Å². The summed E-state index contributed by atoms with van der Waals surface area (Å²) in [5, 5.41) is 3.09. The van der Waals surface area contributed by atoms with Gasteiger partial charge in [-0.05, 0) is 30.3 Å². The molecule has 0 unspecified atom stereocenters. The lowest BCUT2D eigenvalue weighted by Gasteiger charge is -2.06. The quantitative estimate of drug-likeness (QED) is 0.709. The van der Waals surface area contributed by atoms with Crippen molar-refractivity contribution in [2.75, 3.05) is 5.32 Å². The average molecular weight is 359 g/mol. The Morgan fingerprint density at radius 3 is 2.68 bits per heavy atom. The number of Topliss-reactive ketones (excluding diaryl/α,β-unsaturated/α-hetero) is 1. The number of hydrogen-bond donors (Lipinski definition) is 1. The summed E-state index contributed by atoms with van der Waals surface area (Å²) in [5.74, 6) is -0.953. The first kappa shape index (κ1) is 17.0. The zero-order valence-electron chi connectivity index (χ0n) is 13.4. The second-order valence-corrected chi connectivity index (χ2v) is 5.97. The van der Waals surface area contributed by atoms with E-state index >= 15 is 0 Å². The van der Waals surface area contributed by atoms with E-state index in [1.165, 1.54) is 4.57 Å². The molecule has 1 amide bonds. The molecule has 0 saturated carbocycles. The molecular weight excluding hydrogens is 344 g/mol. The number of benzene rings is 2. The molecule has 3 rings (SSSR count). The van der Waals surface area contributed by atoms with Gasteiger partial charge in [0.2, 0.25) is 5.91 Å². The first-order chi connectivity index (χ1) is 12.0. The van der Waals surface area contributed by atoms with Crippen LogP contribution in [0.25, 0.3) is 11.1 Å². The molecule has 1 heterocycles. The van der Waals surface area contributed by atoms with E-state index in [0.717, 1.165) is 0 Å². The van der Waals surface area contributed by atoms with E-state index < -0.39 is 5.76 Å². The molecule has 1 aromatic heterocycles. The van der Waals surface area contributed by atoms with Gasteiger partial charge in [0.15, 0.2) is 11.4 Å². The predicted molar refractivity (Wildman–Crippen MR) is 95.1 cm³/mol. The Morgan fingerprint density at radius 2 is 1.92 bits per heavy atom. The van der Waals surface area contributed by atoms with Crippen LogP contribution in [-0.4, -0.2) is 16.3 Å². The normalized spacial score (nSPS) is 10.8. The number of hydrogen-bond acceptors (Lipinski definition) is 4. The number of aryl methyl sites for hydroxylation is 1. The van der Waals surface area contributed by atoms with Crippen molar-refractivity contribution < 1.29 is 14.0 Å². The van der Waals surface area contributed by atoms with Crippen molar-refractivity contribution in [3.63, 3.8) is 0 Å². The summed E-state index contributed by atoms with van der Waals surface area (Å²) >= 11 is 5.98. The summed E-state index contributed by atoms with van der Waals surface area (Å²) in [6.07, 6.45) is 0.0917. The number of anilines is 1. The fourth-order valence-corrected chi connectivity index (χ4v) is 2.72. The molecule has 0 atom stereocenters. The van der Waals surface area contributed by atoms with Crippen LogP contribution in [0.3, 0.4) is 0 Å². The highest BCUT2D eigenvalue weighted by atomic mass is 35.5. The minimum absolute atomic E-state index is 0.0341. The Kier molecular flexibility index (Phi) is 4.72. The lowest BCUT2D eigenvalue weighted by Crippen LogP contribution is -2.14. The van der Waals surface area contributed by atoms with Gasteiger partial charge in [-0.15, -0.1) is 0 Å². The van der Waals surface area contributed by atoms with Crippen LogP contribution < -0.4 is 11.1 Å². The monoisotopic (exact) mass is 358 g/mol. The third-order valence-corrected chi connectivity index (χ3v) is 4.16. The van der Waals surface area contributed by atoms with Crippen LogP contribution >= 0.6 is 11.6 Å². The van der Waals surface area contributed by atoms with Gasteiger partial charge in [0.1, 0.15) is 0 Å². The number of nitrogens with zero attached hydrogens (tertiary/aromatic N) is 1. The Balaban J connectivity index is 1.65. The molecule has 128 valence electrons. The highest BCUT2D eigenvalue weighted by Gasteiger charge is 2.13. The molecule has 2 aromatic carbocycles. The first-order valence-corrected chi connectivity index (χ1v) is 8.00. The summed E-state index contributed by atoms with van der Waals surface area (Å²) in [4.78, 5) is 35.7. The fraction of sp³-hybridized carbons (Fsp3) is 0.167. The molecule has 0 aliphatic carbocycles. The van der Waals surface area contributed by atoms with Crippen molar-refractivity contribution in [1.29, 1.82) is 0 Å². The summed E-state index contributed by atoms with van der Waals surface area (Å²) in [6.45, 7) is 0. The molecule has 6 nitrogen and oxygen atoms in total. The molecule has 0 aliphatic heterocycles. The molecule has 7 heteroatoms. The third kappa shape index (κ3) is 3.64. The van der Waals surface area contributed by atoms with Gasteiger partial charge >= 0.3 is 5.76 Å². The number of amides is 1. The standard InChI is InChI=1S/C18H15ClN2O4/c1-21-14-10-11(6-8-16(14)25-18(21)24)20-17(23)9-7-15(22)12-4-2-3-5-13(12)19/h2-6,8,10H,7,9H2,1H3,(H,20,23). The zero-order chi connectivity index (χ0) is 18.0. The van der Waals surface area contributed by atoms with E-state index in [2.05, 4.69) is 5.32 Å². The van der Waals surface area contributed by atoms with Gasteiger partial charge in [-0.25, -0.2) is 4.79 Å². The Morgan fingerprint density at radius 1 is 1.16 bits per heavy atom. The van der Waals surface area contributed by atoms with Crippen LogP contribution in [0, 0.1) is 0 Å². The smallest absolute Gasteiger partial charge is 0.408 e. The zero-order valence-corrected chi connectivity index (χ0v) is 14.2. The van der Waals surface area contributed by atoms with Crippen LogP contribution in [-0.2, 0) is 11.8 Å². The number of rotatable bonds is 5. The number of carbonyl (C=O) groups excluding carboxylic acids is 2. The van der Waals surface area contributed by atoms with Crippen LogP contribution in [0.4, 0.5) is 5.69 Å². The number of oxazole rings is 1. The van der Waals surface area contributed by atoms with Crippen LogP contribution in [0.2, 0.25) is 5.02 Å². The highest BCUT2D eigenvalue weighted by molar-refractivity contribution is 6.34. The third-order valence-electron chi connectivity index (χ3n) is 3.83. The minimum atomic E-state index is -0.469. The van der Waals surface area contributed by atoms with E-state index in [4.69, 9.17) is 16.0 Å². The molecule has 0 radical (unpaired) electrons. The van der Waals surface area contributed by atoms with Crippen LogP contribution in [0.15, 0.2) is 51.7 Å². The Hall–Kier alpha value is -2.86. The predicted octanol–water partition coefficient (Wildman–Crippen LogP) is 3.39. The second-order valence-electron chi connectivity index (χ2n) is 5.56. The van der Waals surface area contributed by atoms with Gasteiger partial charge in [0, 0.05) is 31.1 Å². The van der Waals surface area contributed by atoms with Gasteiger partial charge in [0.25, 0.3) is 0 Å². The molecular formula is C18H15ClN2O4. The topological polar surface area (TPSA) is 81.3 Å². The van der Waals surface area contributed by atoms with E-state index in [-0.39, 0.29) is 24.5 Å². The molecule has 0 aliphatic rings. The number of halogens is 1. The highest BCUT2D eigenvalue weighted by Crippen LogP contribution is 2.19. The maximum Gasteiger partial charge on any atom is 0.419 e.